The maximum Gasteiger partial charge on any atom is 0.335 e. The van der Waals surface area contributed by atoms with Crippen LogP contribution in [-0.4, -0.2) is 22.1 Å². The zero-order valence-electron chi connectivity index (χ0n) is 10.2. The lowest BCUT2D eigenvalue weighted by atomic mass is 10.1. The molecule has 1 N–H and O–H groups in total. The minimum Gasteiger partial charge on any atom is -0.459 e. The predicted octanol–water partition coefficient (Wildman–Crippen LogP) is 1.65. The molecule has 0 bridgehead atoms. The fourth-order valence-corrected chi connectivity index (χ4v) is 1.23. The molecule has 0 amide bonds. The van der Waals surface area contributed by atoms with Crippen molar-refractivity contribution in [2.45, 2.75) is 26.6 Å². The summed E-state index contributed by atoms with van der Waals surface area (Å²) in [5.74, 6) is -0.905. The molecule has 6 heteroatoms. The highest BCUT2D eigenvalue weighted by Gasteiger charge is 2.20. The van der Waals surface area contributed by atoms with Crippen LogP contribution < -0.4 is 0 Å². The molecule has 1 rings (SSSR count). The minimum absolute atomic E-state index is 0.0133. The normalized spacial score (nSPS) is 12.2. The number of aliphatic hydroxyl groups excluding tert-OH is 1. The zero-order valence-corrected chi connectivity index (χ0v) is 10.2. The Balaban J connectivity index is 2.54. The highest BCUT2D eigenvalue weighted by molar-refractivity contribution is 5.74. The Morgan fingerprint density at radius 2 is 1.94 bits per heavy atom. The van der Waals surface area contributed by atoms with Gasteiger partial charge in [0, 0.05) is 12.1 Å². The molecule has 1 atom stereocenters. The molecular weight excluding hydrogens is 238 g/mol. The van der Waals surface area contributed by atoms with Crippen molar-refractivity contribution >= 4 is 11.7 Å². The van der Waals surface area contributed by atoms with Gasteiger partial charge in [-0.15, -0.1) is 0 Å². The highest BCUT2D eigenvalue weighted by atomic mass is 16.6. The van der Waals surface area contributed by atoms with Gasteiger partial charge in [0.25, 0.3) is 5.69 Å². The molecule has 98 valence electrons. The first-order valence-electron chi connectivity index (χ1n) is 5.50. The average molecular weight is 253 g/mol. The summed E-state index contributed by atoms with van der Waals surface area (Å²) in [6.07, 6.45) is -1.15. The van der Waals surface area contributed by atoms with Crippen molar-refractivity contribution in [2.75, 3.05) is 0 Å². The summed E-state index contributed by atoms with van der Waals surface area (Å²) < 4.78 is 4.89. The smallest absolute Gasteiger partial charge is 0.335 e. The Morgan fingerprint density at radius 1 is 1.39 bits per heavy atom. The predicted molar refractivity (Wildman–Crippen MR) is 63.7 cm³/mol. The van der Waals surface area contributed by atoms with Crippen LogP contribution >= 0.6 is 0 Å². The van der Waals surface area contributed by atoms with Crippen molar-refractivity contribution in [3.05, 3.63) is 39.9 Å². The van der Waals surface area contributed by atoms with Gasteiger partial charge in [-0.1, -0.05) is 13.8 Å². The number of nitro benzene ring substituents is 1. The van der Waals surface area contributed by atoms with Crippen molar-refractivity contribution < 1.29 is 19.6 Å². The number of rotatable bonds is 5. The molecule has 0 aliphatic heterocycles. The molecule has 0 unspecified atom stereocenters. The summed E-state index contributed by atoms with van der Waals surface area (Å²) in [5.41, 5.74) is 0.609. The van der Waals surface area contributed by atoms with E-state index in [2.05, 4.69) is 0 Å². The fourth-order valence-electron chi connectivity index (χ4n) is 1.23. The molecule has 0 heterocycles. The number of hydrogen-bond acceptors (Lipinski definition) is 5. The van der Waals surface area contributed by atoms with E-state index in [4.69, 9.17) is 4.74 Å². The van der Waals surface area contributed by atoms with E-state index in [0.29, 0.717) is 5.56 Å². The van der Waals surface area contributed by atoms with Crippen molar-refractivity contribution in [2.24, 2.45) is 5.92 Å². The van der Waals surface area contributed by atoms with Gasteiger partial charge >= 0.3 is 5.97 Å². The number of hydrogen-bond donors (Lipinski definition) is 1. The number of esters is 1. The lowest BCUT2D eigenvalue weighted by molar-refractivity contribution is -0.384. The maximum atomic E-state index is 11.4. The molecule has 0 saturated carbocycles. The zero-order chi connectivity index (χ0) is 13.7. The quantitative estimate of drug-likeness (QED) is 0.489. The number of nitrogens with zero attached hydrogens (tertiary/aromatic N) is 1. The second-order valence-corrected chi connectivity index (χ2v) is 4.22. The average Bonchev–Trinajstić information content (AvgIpc) is 2.35. The second-order valence-electron chi connectivity index (χ2n) is 4.22. The number of nitro groups is 1. The van der Waals surface area contributed by atoms with Gasteiger partial charge in [-0.25, -0.2) is 4.79 Å². The van der Waals surface area contributed by atoms with Gasteiger partial charge in [-0.2, -0.15) is 0 Å². The summed E-state index contributed by atoms with van der Waals surface area (Å²) in [7, 11) is 0. The molecule has 0 aromatic heterocycles. The van der Waals surface area contributed by atoms with Crippen LogP contribution in [0.3, 0.4) is 0 Å². The van der Waals surface area contributed by atoms with Crippen molar-refractivity contribution in [1.82, 2.24) is 0 Å². The van der Waals surface area contributed by atoms with Crippen LogP contribution in [0.15, 0.2) is 24.3 Å². The van der Waals surface area contributed by atoms with Gasteiger partial charge < -0.3 is 9.84 Å². The van der Waals surface area contributed by atoms with E-state index in [1.807, 2.05) is 0 Å². The van der Waals surface area contributed by atoms with Crippen LogP contribution in [-0.2, 0) is 16.1 Å². The van der Waals surface area contributed by atoms with Crippen molar-refractivity contribution in [3.8, 4) is 0 Å². The van der Waals surface area contributed by atoms with Gasteiger partial charge in [0.15, 0.2) is 6.10 Å². The first kappa shape index (κ1) is 14.1. The Kier molecular flexibility index (Phi) is 4.79. The Morgan fingerprint density at radius 3 is 2.39 bits per heavy atom. The number of non-ortho nitro benzene ring substituents is 1. The number of ether oxygens (including phenoxy) is 1. The van der Waals surface area contributed by atoms with E-state index in [1.165, 1.54) is 24.3 Å². The van der Waals surface area contributed by atoms with Gasteiger partial charge in [-0.3, -0.25) is 10.1 Å². The number of carbonyl (C=O) groups excluding carboxylic acids is 1. The number of carbonyl (C=O) groups is 1. The van der Waals surface area contributed by atoms with Crippen molar-refractivity contribution in [3.63, 3.8) is 0 Å². The third-order valence-electron chi connectivity index (χ3n) is 2.40. The topological polar surface area (TPSA) is 89.7 Å². The Bertz CT molecular complexity index is 427. The van der Waals surface area contributed by atoms with Crippen LogP contribution in [0.2, 0.25) is 0 Å². The Hall–Kier alpha value is -1.95. The molecule has 0 spiro atoms. The largest absolute Gasteiger partial charge is 0.459 e. The maximum absolute atomic E-state index is 11.4. The third kappa shape index (κ3) is 3.81. The van der Waals surface area contributed by atoms with Crippen LogP contribution in [0.5, 0.6) is 0 Å². The monoisotopic (exact) mass is 253 g/mol. The lowest BCUT2D eigenvalue weighted by Gasteiger charge is -2.13. The molecule has 0 fully saturated rings. The van der Waals surface area contributed by atoms with E-state index < -0.39 is 17.0 Å². The first-order chi connectivity index (χ1) is 8.41. The fraction of sp³-hybridized carbons (Fsp3) is 0.417. The van der Waals surface area contributed by atoms with Crippen LogP contribution in [0.1, 0.15) is 19.4 Å². The van der Waals surface area contributed by atoms with Gasteiger partial charge in [0.05, 0.1) is 4.92 Å². The minimum atomic E-state index is -1.15. The molecule has 0 radical (unpaired) electrons. The Labute approximate surface area is 104 Å². The summed E-state index contributed by atoms with van der Waals surface area (Å²) in [6, 6.07) is 5.68. The first-order valence-corrected chi connectivity index (χ1v) is 5.50. The lowest BCUT2D eigenvalue weighted by Crippen LogP contribution is -2.27. The van der Waals surface area contributed by atoms with Crippen LogP contribution in [0.25, 0.3) is 0 Å². The van der Waals surface area contributed by atoms with E-state index in [0.717, 1.165) is 0 Å². The summed E-state index contributed by atoms with van der Waals surface area (Å²) in [5, 5.41) is 19.9. The van der Waals surface area contributed by atoms with E-state index in [9.17, 15) is 20.0 Å². The van der Waals surface area contributed by atoms with Gasteiger partial charge in [0.1, 0.15) is 6.61 Å². The second kappa shape index (κ2) is 6.11. The van der Waals surface area contributed by atoms with Crippen LogP contribution in [0.4, 0.5) is 5.69 Å². The molecule has 0 aliphatic rings. The molecular formula is C12H15NO5. The van der Waals surface area contributed by atoms with E-state index in [-0.39, 0.29) is 18.2 Å². The van der Waals surface area contributed by atoms with E-state index >= 15 is 0 Å². The highest BCUT2D eigenvalue weighted by Crippen LogP contribution is 2.13. The molecule has 1 aromatic rings. The number of benzene rings is 1. The van der Waals surface area contributed by atoms with Crippen LogP contribution in [0, 0.1) is 16.0 Å². The molecule has 0 saturated heterocycles. The van der Waals surface area contributed by atoms with Gasteiger partial charge in [0.2, 0.25) is 0 Å². The van der Waals surface area contributed by atoms with Crippen molar-refractivity contribution in [1.29, 1.82) is 0 Å². The standard InChI is InChI=1S/C12H15NO5/c1-8(2)11(14)12(15)18-7-9-3-5-10(6-4-9)13(16)17/h3-6,8,11,14H,7H2,1-2H3/t11-/m0/s1. The summed E-state index contributed by atoms with van der Waals surface area (Å²) in [6.45, 7) is 3.40. The SMILES string of the molecule is CC(C)[C@H](O)C(=O)OCc1ccc([N+](=O)[O-])cc1. The molecule has 18 heavy (non-hydrogen) atoms. The number of aliphatic hydroxyl groups is 1. The van der Waals surface area contributed by atoms with Gasteiger partial charge in [-0.05, 0) is 23.6 Å². The van der Waals surface area contributed by atoms with E-state index in [1.54, 1.807) is 13.8 Å². The molecule has 0 aliphatic carbocycles. The molecule has 6 nitrogen and oxygen atoms in total. The third-order valence-corrected chi connectivity index (χ3v) is 2.40. The summed E-state index contributed by atoms with van der Waals surface area (Å²) >= 11 is 0. The molecule has 1 aromatic carbocycles. The summed E-state index contributed by atoms with van der Waals surface area (Å²) in [4.78, 5) is 21.3.